The number of hydrogen-bond donors (Lipinski definition) is 0. The third-order valence-corrected chi connectivity index (χ3v) is 3.99. The fraction of sp³-hybridized carbons (Fsp3) is 0.583. The summed E-state index contributed by atoms with van der Waals surface area (Å²) < 4.78 is 16.3. The molecule has 0 saturated carbocycles. The molecule has 0 aliphatic carbocycles. The molecule has 0 spiro atoms. The van der Waals surface area contributed by atoms with E-state index in [0.717, 1.165) is 10.9 Å². The first kappa shape index (κ1) is 15.8. The van der Waals surface area contributed by atoms with Crippen LogP contribution in [0.1, 0.15) is 16.1 Å². The van der Waals surface area contributed by atoms with Crippen LogP contribution in [-0.4, -0.2) is 45.9 Å². The minimum absolute atomic E-state index is 0.0113. The van der Waals surface area contributed by atoms with E-state index in [1.54, 1.807) is 7.11 Å². The van der Waals surface area contributed by atoms with Gasteiger partial charge in [-0.15, -0.1) is 11.3 Å². The van der Waals surface area contributed by atoms with Crippen molar-refractivity contribution >= 4 is 33.0 Å². The van der Waals surface area contributed by atoms with Crippen molar-refractivity contribution in [1.29, 1.82) is 0 Å². The number of carbonyl (C=O) groups excluding carboxylic acids is 1. The number of carbonyl (C=O) groups is 1. The van der Waals surface area contributed by atoms with Crippen molar-refractivity contribution in [1.82, 2.24) is 0 Å². The third-order valence-electron chi connectivity index (χ3n) is 2.11. The van der Waals surface area contributed by atoms with Crippen molar-refractivity contribution in [2.24, 2.45) is 0 Å². The van der Waals surface area contributed by atoms with Gasteiger partial charge in [-0.05, 0) is 33.8 Å². The van der Waals surface area contributed by atoms with Gasteiger partial charge in [0.25, 0.3) is 0 Å². The van der Waals surface area contributed by atoms with Crippen LogP contribution >= 0.6 is 27.3 Å². The van der Waals surface area contributed by atoms with Crippen molar-refractivity contribution in [3.05, 3.63) is 20.8 Å². The number of hydrogen-bond acceptors (Lipinski definition) is 5. The molecule has 102 valence electrons. The molecular formula is C12H17BrO4S. The second-order valence-corrected chi connectivity index (χ2v) is 5.30. The summed E-state index contributed by atoms with van der Waals surface area (Å²) in [5, 5.41) is 1.88. The maximum atomic E-state index is 11.7. The molecule has 0 amide bonds. The average Bonchev–Trinajstić information content (AvgIpc) is 2.79. The first-order valence-electron chi connectivity index (χ1n) is 5.66. The van der Waals surface area contributed by atoms with Crippen LogP contribution < -0.4 is 0 Å². The number of Topliss-reactive ketones (excluding diaryl/α,β-unsaturated/α-hetero) is 1. The molecule has 0 atom stereocenters. The van der Waals surface area contributed by atoms with Gasteiger partial charge in [0.2, 0.25) is 0 Å². The monoisotopic (exact) mass is 336 g/mol. The van der Waals surface area contributed by atoms with Crippen molar-refractivity contribution in [3.8, 4) is 0 Å². The van der Waals surface area contributed by atoms with Gasteiger partial charge in [-0.25, -0.2) is 0 Å². The quantitative estimate of drug-likeness (QED) is 0.486. The summed E-state index contributed by atoms with van der Waals surface area (Å²) in [4.78, 5) is 12.4. The first-order valence-corrected chi connectivity index (χ1v) is 7.33. The molecule has 0 N–H and O–H groups in total. The number of ether oxygens (including phenoxy) is 3. The number of rotatable bonds is 10. The third kappa shape index (κ3) is 6.06. The largest absolute Gasteiger partial charge is 0.382 e. The first-order chi connectivity index (χ1) is 8.75. The molecule has 0 bridgehead atoms. The van der Waals surface area contributed by atoms with Crippen LogP contribution in [0.5, 0.6) is 0 Å². The molecule has 18 heavy (non-hydrogen) atoms. The molecule has 0 aliphatic rings. The highest BCUT2D eigenvalue weighted by Crippen LogP contribution is 2.22. The zero-order valence-electron chi connectivity index (χ0n) is 10.3. The molecule has 0 saturated heterocycles. The zero-order valence-corrected chi connectivity index (χ0v) is 12.7. The minimum Gasteiger partial charge on any atom is -0.382 e. The standard InChI is InChI=1S/C12H17BrO4S/c1-15-6-7-16-4-2-5-17-9-11(14)12-10(13)3-8-18-12/h3,8H,2,4-7,9H2,1H3. The van der Waals surface area contributed by atoms with Gasteiger partial charge >= 0.3 is 0 Å². The van der Waals surface area contributed by atoms with Gasteiger partial charge in [0.05, 0.1) is 18.1 Å². The molecule has 4 nitrogen and oxygen atoms in total. The average molecular weight is 337 g/mol. The Morgan fingerprint density at radius 2 is 2.06 bits per heavy atom. The smallest absolute Gasteiger partial charge is 0.199 e. The van der Waals surface area contributed by atoms with E-state index in [1.165, 1.54) is 11.3 Å². The van der Waals surface area contributed by atoms with Crippen molar-refractivity contribution < 1.29 is 19.0 Å². The van der Waals surface area contributed by atoms with Gasteiger partial charge in [0.15, 0.2) is 5.78 Å². The Balaban J connectivity index is 2.01. The second kappa shape index (κ2) is 9.63. The Labute approximate surface area is 119 Å². The number of methoxy groups -OCH3 is 1. The highest BCUT2D eigenvalue weighted by Gasteiger charge is 2.11. The Morgan fingerprint density at radius 3 is 2.72 bits per heavy atom. The molecule has 1 aromatic rings. The fourth-order valence-corrected chi connectivity index (χ4v) is 2.75. The fourth-order valence-electron chi connectivity index (χ4n) is 1.23. The highest BCUT2D eigenvalue weighted by atomic mass is 79.9. The summed E-state index contributed by atoms with van der Waals surface area (Å²) in [5.41, 5.74) is 0. The lowest BCUT2D eigenvalue weighted by atomic mass is 10.3. The molecule has 0 fully saturated rings. The van der Waals surface area contributed by atoms with Gasteiger partial charge in [-0.3, -0.25) is 4.79 Å². The molecule has 1 rings (SSSR count). The topological polar surface area (TPSA) is 44.8 Å². The molecule has 0 aliphatic heterocycles. The maximum absolute atomic E-state index is 11.7. The summed E-state index contributed by atoms with van der Waals surface area (Å²) in [6.07, 6.45) is 0.780. The lowest BCUT2D eigenvalue weighted by Gasteiger charge is -2.04. The van der Waals surface area contributed by atoms with E-state index < -0.39 is 0 Å². The van der Waals surface area contributed by atoms with E-state index in [0.29, 0.717) is 31.3 Å². The van der Waals surface area contributed by atoms with Crippen LogP contribution in [-0.2, 0) is 14.2 Å². The van der Waals surface area contributed by atoms with E-state index in [4.69, 9.17) is 14.2 Å². The summed E-state index contributed by atoms with van der Waals surface area (Å²) in [7, 11) is 1.64. The van der Waals surface area contributed by atoms with Gasteiger partial charge in [-0.1, -0.05) is 0 Å². The molecule has 0 radical (unpaired) electrons. The lowest BCUT2D eigenvalue weighted by Crippen LogP contribution is -2.11. The van der Waals surface area contributed by atoms with Crippen LogP contribution in [0.3, 0.4) is 0 Å². The van der Waals surface area contributed by atoms with E-state index in [9.17, 15) is 4.79 Å². The molecule has 1 heterocycles. The van der Waals surface area contributed by atoms with Gasteiger partial charge in [0, 0.05) is 24.8 Å². The summed E-state index contributed by atoms with van der Waals surface area (Å²) in [6, 6.07) is 1.86. The summed E-state index contributed by atoms with van der Waals surface area (Å²) >= 11 is 4.75. The number of thiophene rings is 1. The predicted molar refractivity (Wildman–Crippen MR) is 74.5 cm³/mol. The Morgan fingerprint density at radius 1 is 1.28 bits per heavy atom. The van der Waals surface area contributed by atoms with E-state index in [2.05, 4.69) is 15.9 Å². The van der Waals surface area contributed by atoms with E-state index in [-0.39, 0.29) is 12.4 Å². The normalized spacial score (nSPS) is 10.8. The number of ketones is 1. The highest BCUT2D eigenvalue weighted by molar-refractivity contribution is 9.10. The van der Waals surface area contributed by atoms with Crippen LogP contribution in [0.25, 0.3) is 0 Å². The molecule has 6 heteroatoms. The van der Waals surface area contributed by atoms with Crippen LogP contribution in [0, 0.1) is 0 Å². The predicted octanol–water partition coefficient (Wildman–Crippen LogP) is 2.76. The van der Waals surface area contributed by atoms with Gasteiger partial charge in [-0.2, -0.15) is 0 Å². The van der Waals surface area contributed by atoms with Gasteiger partial charge < -0.3 is 14.2 Å². The molecule has 1 aromatic heterocycles. The second-order valence-electron chi connectivity index (χ2n) is 3.53. The maximum Gasteiger partial charge on any atom is 0.199 e. The lowest BCUT2D eigenvalue weighted by molar-refractivity contribution is 0.0489. The summed E-state index contributed by atoms with van der Waals surface area (Å²) in [6.45, 7) is 2.47. The Bertz CT molecular complexity index is 354. The van der Waals surface area contributed by atoms with E-state index in [1.807, 2.05) is 11.4 Å². The van der Waals surface area contributed by atoms with Crippen LogP contribution in [0.15, 0.2) is 15.9 Å². The molecule has 0 aromatic carbocycles. The van der Waals surface area contributed by atoms with Crippen molar-refractivity contribution in [2.45, 2.75) is 6.42 Å². The van der Waals surface area contributed by atoms with Gasteiger partial charge in [0.1, 0.15) is 6.61 Å². The minimum atomic E-state index is 0.0113. The SMILES string of the molecule is COCCOCCCOCC(=O)c1sccc1Br. The Hall–Kier alpha value is -0.270. The zero-order chi connectivity index (χ0) is 13.2. The molecule has 0 unspecified atom stereocenters. The Kier molecular flexibility index (Phi) is 8.45. The molecular weight excluding hydrogens is 320 g/mol. The van der Waals surface area contributed by atoms with Crippen molar-refractivity contribution in [3.63, 3.8) is 0 Å². The number of halogens is 1. The van der Waals surface area contributed by atoms with Crippen molar-refractivity contribution in [2.75, 3.05) is 40.1 Å². The summed E-state index contributed by atoms with van der Waals surface area (Å²) in [5.74, 6) is 0.0113. The van der Waals surface area contributed by atoms with Crippen LogP contribution in [0.4, 0.5) is 0 Å². The van der Waals surface area contributed by atoms with Crippen LogP contribution in [0.2, 0.25) is 0 Å². The van der Waals surface area contributed by atoms with E-state index >= 15 is 0 Å².